The van der Waals surface area contributed by atoms with E-state index in [0.29, 0.717) is 5.82 Å². The van der Waals surface area contributed by atoms with Crippen LogP contribution in [0.1, 0.15) is 19.7 Å². The van der Waals surface area contributed by atoms with Gasteiger partial charge in [-0.1, -0.05) is 13.8 Å². The van der Waals surface area contributed by atoms with Gasteiger partial charge in [0.1, 0.15) is 11.9 Å². The Hall–Kier alpha value is -1.85. The molecule has 1 atom stereocenters. The van der Waals surface area contributed by atoms with Crippen LogP contribution in [0.15, 0.2) is 12.4 Å². The number of nitrogens with one attached hydrogen (secondary N) is 2. The summed E-state index contributed by atoms with van der Waals surface area (Å²) >= 11 is 0. The summed E-state index contributed by atoms with van der Waals surface area (Å²) in [5.41, 5.74) is 0. The standard InChI is InChI=1S/C10H15N3O3/c1-6(2)9(10(15)16)13-8(14)5-7-11-3-4-12-7/h3-4,6,9H,5H2,1-2H3,(H,11,12)(H,13,14)(H,15,16)/t9-/m0/s1. The third-order valence-corrected chi connectivity index (χ3v) is 2.13. The second-order valence-electron chi connectivity index (χ2n) is 3.84. The van der Waals surface area contributed by atoms with Gasteiger partial charge in [0.15, 0.2) is 0 Å². The Kier molecular flexibility index (Phi) is 4.04. The number of carboxylic acids is 1. The van der Waals surface area contributed by atoms with E-state index in [1.165, 1.54) is 0 Å². The Morgan fingerprint density at radius 2 is 2.25 bits per heavy atom. The topological polar surface area (TPSA) is 95.1 Å². The third kappa shape index (κ3) is 3.38. The summed E-state index contributed by atoms with van der Waals surface area (Å²) < 4.78 is 0. The molecule has 0 aliphatic rings. The van der Waals surface area contributed by atoms with Crippen molar-refractivity contribution in [2.45, 2.75) is 26.3 Å². The molecule has 1 rings (SSSR count). The first-order chi connectivity index (χ1) is 7.50. The molecule has 1 heterocycles. The zero-order valence-electron chi connectivity index (χ0n) is 9.23. The van der Waals surface area contributed by atoms with E-state index in [4.69, 9.17) is 5.11 Å². The van der Waals surface area contributed by atoms with Crippen molar-refractivity contribution in [2.75, 3.05) is 0 Å². The number of nitrogens with zero attached hydrogens (tertiary/aromatic N) is 1. The molecule has 3 N–H and O–H groups in total. The van der Waals surface area contributed by atoms with Crippen molar-refractivity contribution >= 4 is 11.9 Å². The fourth-order valence-electron chi connectivity index (χ4n) is 1.28. The number of carboxylic acid groups (broad SMARTS) is 1. The Morgan fingerprint density at radius 1 is 1.56 bits per heavy atom. The van der Waals surface area contributed by atoms with Crippen molar-refractivity contribution < 1.29 is 14.7 Å². The Bertz CT molecular complexity index is 359. The van der Waals surface area contributed by atoms with Gasteiger partial charge in [0.25, 0.3) is 0 Å². The van der Waals surface area contributed by atoms with Crippen LogP contribution in [0.25, 0.3) is 0 Å². The van der Waals surface area contributed by atoms with E-state index in [9.17, 15) is 9.59 Å². The summed E-state index contributed by atoms with van der Waals surface area (Å²) in [6.07, 6.45) is 3.21. The van der Waals surface area contributed by atoms with Gasteiger partial charge < -0.3 is 15.4 Å². The lowest BCUT2D eigenvalue weighted by Crippen LogP contribution is -2.45. The molecule has 0 aromatic carbocycles. The van der Waals surface area contributed by atoms with E-state index >= 15 is 0 Å². The lowest BCUT2D eigenvalue weighted by atomic mass is 10.0. The smallest absolute Gasteiger partial charge is 0.326 e. The fraction of sp³-hybridized carbons (Fsp3) is 0.500. The predicted molar refractivity (Wildman–Crippen MR) is 56.7 cm³/mol. The molecule has 0 saturated heterocycles. The molecule has 1 aromatic rings. The molecule has 0 bridgehead atoms. The van der Waals surface area contributed by atoms with Crippen molar-refractivity contribution in [3.63, 3.8) is 0 Å². The van der Waals surface area contributed by atoms with Gasteiger partial charge in [0.05, 0.1) is 6.42 Å². The second-order valence-corrected chi connectivity index (χ2v) is 3.84. The van der Waals surface area contributed by atoms with Crippen molar-refractivity contribution in [1.82, 2.24) is 15.3 Å². The summed E-state index contributed by atoms with van der Waals surface area (Å²) in [4.78, 5) is 29.0. The van der Waals surface area contributed by atoms with E-state index in [-0.39, 0.29) is 18.2 Å². The molecular weight excluding hydrogens is 210 g/mol. The van der Waals surface area contributed by atoms with Crippen molar-refractivity contribution in [3.05, 3.63) is 18.2 Å². The maximum Gasteiger partial charge on any atom is 0.326 e. The van der Waals surface area contributed by atoms with Gasteiger partial charge in [-0.2, -0.15) is 0 Å². The van der Waals surface area contributed by atoms with Gasteiger partial charge in [0.2, 0.25) is 5.91 Å². The minimum Gasteiger partial charge on any atom is -0.480 e. The number of H-pyrrole nitrogens is 1. The van der Waals surface area contributed by atoms with Crippen LogP contribution in [0.5, 0.6) is 0 Å². The summed E-state index contributed by atoms with van der Waals surface area (Å²) in [6.45, 7) is 3.48. The van der Waals surface area contributed by atoms with Gasteiger partial charge in [-0.3, -0.25) is 4.79 Å². The molecule has 0 fully saturated rings. The van der Waals surface area contributed by atoms with E-state index in [2.05, 4.69) is 15.3 Å². The summed E-state index contributed by atoms with van der Waals surface area (Å²) in [6, 6.07) is -0.859. The highest BCUT2D eigenvalue weighted by atomic mass is 16.4. The molecule has 6 nitrogen and oxygen atoms in total. The van der Waals surface area contributed by atoms with Crippen molar-refractivity contribution in [1.29, 1.82) is 0 Å². The molecule has 6 heteroatoms. The Morgan fingerprint density at radius 3 is 2.69 bits per heavy atom. The molecule has 0 unspecified atom stereocenters. The van der Waals surface area contributed by atoms with Gasteiger partial charge in [-0.05, 0) is 5.92 Å². The van der Waals surface area contributed by atoms with Crippen LogP contribution >= 0.6 is 0 Å². The number of rotatable bonds is 5. The first-order valence-corrected chi connectivity index (χ1v) is 5.01. The van der Waals surface area contributed by atoms with Gasteiger partial charge >= 0.3 is 5.97 Å². The number of aromatic amines is 1. The number of hydrogen-bond donors (Lipinski definition) is 3. The molecule has 0 aliphatic heterocycles. The number of hydrogen-bond acceptors (Lipinski definition) is 3. The molecule has 0 aliphatic carbocycles. The van der Waals surface area contributed by atoms with Crippen LogP contribution in [0.3, 0.4) is 0 Å². The van der Waals surface area contributed by atoms with E-state index < -0.39 is 12.0 Å². The minimum atomic E-state index is -1.03. The van der Waals surface area contributed by atoms with Crippen LogP contribution in [0, 0.1) is 5.92 Å². The van der Waals surface area contributed by atoms with E-state index in [1.807, 2.05) is 0 Å². The van der Waals surface area contributed by atoms with E-state index in [1.54, 1.807) is 26.2 Å². The van der Waals surface area contributed by atoms with Crippen LogP contribution in [-0.4, -0.2) is 33.0 Å². The number of amides is 1. The quantitative estimate of drug-likeness (QED) is 0.666. The molecule has 0 radical (unpaired) electrons. The van der Waals surface area contributed by atoms with Crippen LogP contribution in [0.2, 0.25) is 0 Å². The molecule has 16 heavy (non-hydrogen) atoms. The van der Waals surface area contributed by atoms with Crippen molar-refractivity contribution in [2.24, 2.45) is 5.92 Å². The Balaban J connectivity index is 2.52. The SMILES string of the molecule is CC(C)[C@H](NC(=O)Cc1ncc[nH]1)C(=O)O. The highest BCUT2D eigenvalue weighted by Gasteiger charge is 2.23. The number of carbonyl (C=O) groups is 2. The average Bonchev–Trinajstić information content (AvgIpc) is 2.65. The average molecular weight is 225 g/mol. The highest BCUT2D eigenvalue weighted by Crippen LogP contribution is 2.02. The first-order valence-electron chi connectivity index (χ1n) is 5.01. The molecule has 1 aromatic heterocycles. The summed E-state index contributed by atoms with van der Waals surface area (Å²) in [7, 11) is 0. The summed E-state index contributed by atoms with van der Waals surface area (Å²) in [5, 5.41) is 11.3. The third-order valence-electron chi connectivity index (χ3n) is 2.13. The molecule has 88 valence electrons. The number of carbonyl (C=O) groups excluding carboxylic acids is 1. The Labute approximate surface area is 93.1 Å². The highest BCUT2D eigenvalue weighted by molar-refractivity contribution is 5.84. The molecule has 0 spiro atoms. The van der Waals surface area contributed by atoms with Crippen LogP contribution in [-0.2, 0) is 16.0 Å². The molecule has 1 amide bonds. The lowest BCUT2D eigenvalue weighted by Gasteiger charge is -2.17. The van der Waals surface area contributed by atoms with Gasteiger partial charge in [-0.25, -0.2) is 9.78 Å². The summed E-state index contributed by atoms with van der Waals surface area (Å²) in [5.74, 6) is -1.01. The second kappa shape index (κ2) is 5.29. The van der Waals surface area contributed by atoms with Gasteiger partial charge in [-0.15, -0.1) is 0 Å². The number of aliphatic carboxylic acids is 1. The largest absolute Gasteiger partial charge is 0.480 e. The molecular formula is C10H15N3O3. The fourth-order valence-corrected chi connectivity index (χ4v) is 1.28. The normalized spacial score (nSPS) is 12.4. The maximum absolute atomic E-state index is 11.5. The zero-order valence-corrected chi connectivity index (χ0v) is 9.23. The van der Waals surface area contributed by atoms with E-state index in [0.717, 1.165) is 0 Å². The van der Waals surface area contributed by atoms with Crippen LogP contribution < -0.4 is 5.32 Å². The number of imidazole rings is 1. The lowest BCUT2D eigenvalue weighted by molar-refractivity contribution is -0.143. The predicted octanol–water partition coefficient (Wildman–Crippen LogP) is 0.178. The van der Waals surface area contributed by atoms with Crippen molar-refractivity contribution in [3.8, 4) is 0 Å². The molecule has 0 saturated carbocycles. The minimum absolute atomic E-state index is 0.0590. The first kappa shape index (κ1) is 12.2. The van der Waals surface area contributed by atoms with Crippen LogP contribution in [0.4, 0.5) is 0 Å². The number of aromatic nitrogens is 2. The maximum atomic E-state index is 11.5. The zero-order chi connectivity index (χ0) is 12.1. The van der Waals surface area contributed by atoms with Gasteiger partial charge in [0, 0.05) is 12.4 Å². The monoisotopic (exact) mass is 225 g/mol.